The zero-order valence-corrected chi connectivity index (χ0v) is 13.9. The van der Waals surface area contributed by atoms with Crippen LogP contribution in [0.3, 0.4) is 0 Å². The molecule has 1 aromatic heterocycles. The van der Waals surface area contributed by atoms with Gasteiger partial charge in [0, 0.05) is 24.1 Å². The van der Waals surface area contributed by atoms with Crippen molar-refractivity contribution in [2.45, 2.75) is 20.4 Å². The van der Waals surface area contributed by atoms with Crippen molar-refractivity contribution in [1.29, 1.82) is 0 Å². The largest absolute Gasteiger partial charge is 0.384 e. The maximum atomic E-state index is 11.9. The second kappa shape index (κ2) is 5.92. The van der Waals surface area contributed by atoms with E-state index in [0.29, 0.717) is 22.3 Å². The highest BCUT2D eigenvalue weighted by atomic mass is 79.9. The van der Waals surface area contributed by atoms with Gasteiger partial charge in [0.25, 0.3) is 5.56 Å². The number of aromatic nitrogens is 1. The third kappa shape index (κ3) is 3.37. The maximum Gasteiger partial charge on any atom is 0.266 e. The molecule has 0 spiro atoms. The van der Waals surface area contributed by atoms with Gasteiger partial charge >= 0.3 is 0 Å². The molecule has 1 heterocycles. The Hall–Kier alpha value is -1.41. The lowest BCUT2D eigenvalue weighted by Crippen LogP contribution is -2.25. The first kappa shape index (κ1) is 16.6. The Bertz CT molecular complexity index is 748. The molecule has 0 bridgehead atoms. The van der Waals surface area contributed by atoms with Crippen LogP contribution in [-0.2, 0) is 16.4 Å². The molecule has 20 heavy (non-hydrogen) atoms. The van der Waals surface area contributed by atoms with Crippen LogP contribution in [0.1, 0.15) is 19.4 Å². The molecule has 0 aliphatic heterocycles. The minimum absolute atomic E-state index is 0.239. The minimum atomic E-state index is -3.46. The molecule has 110 valence electrons. The van der Waals surface area contributed by atoms with E-state index in [1.54, 1.807) is 13.8 Å². The fourth-order valence-electron chi connectivity index (χ4n) is 1.58. The molecule has 0 fully saturated rings. The number of halogens is 1. The van der Waals surface area contributed by atoms with E-state index in [2.05, 4.69) is 27.5 Å². The van der Waals surface area contributed by atoms with Gasteiger partial charge in [-0.15, -0.1) is 0 Å². The number of anilines is 1. The van der Waals surface area contributed by atoms with Gasteiger partial charge in [0.1, 0.15) is 10.8 Å². The summed E-state index contributed by atoms with van der Waals surface area (Å²) in [5.41, 5.74) is 6.55. The molecule has 0 saturated carbocycles. The van der Waals surface area contributed by atoms with E-state index in [9.17, 15) is 13.2 Å². The number of hydrogen-bond acceptors (Lipinski definition) is 5. The molecule has 1 aromatic rings. The Balaban J connectivity index is 3.49. The predicted molar refractivity (Wildman–Crippen MR) is 84.7 cm³/mol. The van der Waals surface area contributed by atoms with Crippen LogP contribution in [0, 0.1) is 0 Å². The first-order valence-corrected chi connectivity index (χ1v) is 8.41. The van der Waals surface area contributed by atoms with E-state index in [1.807, 2.05) is 0 Å². The first-order chi connectivity index (χ1) is 9.09. The van der Waals surface area contributed by atoms with Crippen LogP contribution in [0.5, 0.6) is 0 Å². The van der Waals surface area contributed by atoms with E-state index < -0.39 is 9.84 Å². The van der Waals surface area contributed by atoms with E-state index in [4.69, 9.17) is 5.73 Å². The number of nitrogen functional groups attached to an aromatic ring is 1. The summed E-state index contributed by atoms with van der Waals surface area (Å²) < 4.78 is 24.4. The molecule has 0 saturated heterocycles. The van der Waals surface area contributed by atoms with E-state index >= 15 is 0 Å². The molecule has 0 aromatic carbocycles. The van der Waals surface area contributed by atoms with Gasteiger partial charge in [-0.1, -0.05) is 6.58 Å². The molecule has 0 atom stereocenters. The van der Waals surface area contributed by atoms with Crippen LogP contribution in [0.25, 0.3) is 0 Å². The summed E-state index contributed by atoms with van der Waals surface area (Å²) >= 11 is 3.16. The molecule has 0 unspecified atom stereocenters. The zero-order valence-electron chi connectivity index (χ0n) is 11.5. The van der Waals surface area contributed by atoms with Crippen molar-refractivity contribution in [2.75, 3.05) is 12.0 Å². The molecule has 0 radical (unpaired) electrons. The average molecular weight is 362 g/mol. The van der Waals surface area contributed by atoms with E-state index in [-0.39, 0.29) is 16.4 Å². The van der Waals surface area contributed by atoms with Gasteiger partial charge in [-0.05, 0) is 35.8 Å². The summed E-state index contributed by atoms with van der Waals surface area (Å²) in [5, 5.41) is -0.250. The molecule has 1 rings (SSSR count). The van der Waals surface area contributed by atoms with E-state index in [0.717, 1.165) is 6.26 Å². The summed E-state index contributed by atoms with van der Waals surface area (Å²) in [6, 6.07) is 1.53. The first-order valence-electron chi connectivity index (χ1n) is 5.73. The average Bonchev–Trinajstić information content (AvgIpc) is 2.33. The summed E-state index contributed by atoms with van der Waals surface area (Å²) in [6.45, 7) is 7.21. The highest BCUT2D eigenvalue weighted by Gasteiger charge is 2.14. The summed E-state index contributed by atoms with van der Waals surface area (Å²) in [4.78, 5) is 15.8. The van der Waals surface area contributed by atoms with Crippen molar-refractivity contribution in [3.8, 4) is 0 Å². The van der Waals surface area contributed by atoms with Gasteiger partial charge in [-0.2, -0.15) is 0 Å². The number of pyridine rings is 1. The number of nitrogens with zero attached hydrogens (tertiary/aromatic N) is 2. The van der Waals surface area contributed by atoms with Crippen molar-refractivity contribution >= 4 is 37.3 Å². The lowest BCUT2D eigenvalue weighted by molar-refractivity contribution is 0.607. The predicted octanol–water partition coefficient (Wildman–Crippen LogP) is 1.54. The molecule has 6 nitrogen and oxygen atoms in total. The highest BCUT2D eigenvalue weighted by Crippen LogP contribution is 2.17. The van der Waals surface area contributed by atoms with Gasteiger partial charge in [0.2, 0.25) is 0 Å². The summed E-state index contributed by atoms with van der Waals surface area (Å²) in [7, 11) is -3.46. The zero-order chi connectivity index (χ0) is 15.7. The molecular formula is C12H16BrN3O3S. The molecule has 0 amide bonds. The Labute approximate surface area is 126 Å². The normalized spacial score (nSPS) is 12.5. The monoisotopic (exact) mass is 361 g/mol. The molecule has 0 aliphatic carbocycles. The van der Waals surface area contributed by atoms with Crippen LogP contribution in [0.2, 0.25) is 0 Å². The Morgan fingerprint density at radius 3 is 2.55 bits per heavy atom. The summed E-state index contributed by atoms with van der Waals surface area (Å²) in [5.74, 6) is 0.239. The number of aliphatic imine (C=N–C) groups is 1. The Morgan fingerprint density at radius 1 is 1.55 bits per heavy atom. The van der Waals surface area contributed by atoms with Crippen LogP contribution >= 0.6 is 15.9 Å². The van der Waals surface area contributed by atoms with Gasteiger partial charge in [-0.25, -0.2) is 13.4 Å². The van der Waals surface area contributed by atoms with Crippen LogP contribution in [0.4, 0.5) is 5.82 Å². The number of nitrogens with two attached hydrogens (primary N) is 1. The second-order valence-electron chi connectivity index (χ2n) is 4.20. The van der Waals surface area contributed by atoms with Gasteiger partial charge < -0.3 is 5.73 Å². The lowest BCUT2D eigenvalue weighted by Gasteiger charge is -2.13. The Kier molecular flexibility index (Phi) is 4.93. The van der Waals surface area contributed by atoms with E-state index in [1.165, 1.54) is 10.6 Å². The third-order valence-corrected chi connectivity index (χ3v) is 4.23. The Morgan fingerprint density at radius 2 is 2.10 bits per heavy atom. The fraction of sp³-hybridized carbons (Fsp3) is 0.333. The third-order valence-electron chi connectivity index (χ3n) is 2.71. The van der Waals surface area contributed by atoms with Crippen molar-refractivity contribution in [1.82, 2.24) is 4.57 Å². The van der Waals surface area contributed by atoms with Gasteiger partial charge in [0.15, 0.2) is 9.84 Å². The lowest BCUT2D eigenvalue weighted by atomic mass is 10.1. The molecular weight excluding hydrogens is 346 g/mol. The fourth-order valence-corrected chi connectivity index (χ4v) is 2.33. The standard InChI is InChI=1S/C12H16BrN3O3S/c1-5-16-11(14)9(6-10(13)12(16)17)7(2)15-8(3)20(4,18)19/h6H,3,5,14H2,1-2,4H3/b15-7-. The van der Waals surface area contributed by atoms with Gasteiger partial charge in [-0.3, -0.25) is 9.36 Å². The molecule has 8 heteroatoms. The van der Waals surface area contributed by atoms with Crippen LogP contribution < -0.4 is 11.3 Å². The highest BCUT2D eigenvalue weighted by molar-refractivity contribution is 9.10. The SMILES string of the molecule is C=C(/N=C(/C)c1cc(Br)c(=O)n(CC)c1N)S(C)(=O)=O. The van der Waals surface area contributed by atoms with Crippen molar-refractivity contribution in [2.24, 2.45) is 4.99 Å². The van der Waals surface area contributed by atoms with Crippen LogP contribution in [-0.4, -0.2) is 25.0 Å². The van der Waals surface area contributed by atoms with Gasteiger partial charge in [0.05, 0.1) is 4.47 Å². The smallest absolute Gasteiger partial charge is 0.266 e. The van der Waals surface area contributed by atoms with Crippen molar-refractivity contribution in [3.63, 3.8) is 0 Å². The van der Waals surface area contributed by atoms with Crippen molar-refractivity contribution < 1.29 is 8.42 Å². The second-order valence-corrected chi connectivity index (χ2v) is 7.07. The minimum Gasteiger partial charge on any atom is -0.384 e. The topological polar surface area (TPSA) is 94.5 Å². The maximum absolute atomic E-state index is 11.9. The number of rotatable bonds is 4. The molecule has 2 N–H and O–H groups in total. The summed E-state index contributed by atoms with van der Waals surface area (Å²) in [6.07, 6.45) is 1.03. The van der Waals surface area contributed by atoms with Crippen LogP contribution in [0.15, 0.2) is 31.9 Å². The van der Waals surface area contributed by atoms with Crippen molar-refractivity contribution in [3.05, 3.63) is 38.1 Å². The number of sulfone groups is 1. The quantitative estimate of drug-likeness (QED) is 0.822. The number of hydrogen-bond donors (Lipinski definition) is 1. The molecule has 0 aliphatic rings.